The van der Waals surface area contributed by atoms with E-state index in [0.717, 1.165) is 23.7 Å². The number of hydrogen-bond donors (Lipinski definition) is 0. The third kappa shape index (κ3) is 1.15. The molecule has 0 radical (unpaired) electrons. The lowest BCUT2D eigenvalue weighted by Gasteiger charge is -2.21. The lowest BCUT2D eigenvalue weighted by molar-refractivity contribution is -0.126. The van der Waals surface area contributed by atoms with Gasteiger partial charge in [0.2, 0.25) is 0 Å². The lowest BCUT2D eigenvalue weighted by atomic mass is 9.82. The Kier molecular flexibility index (Phi) is 1.89. The normalized spacial score (nSPS) is 49.4. The molecule has 86 valence electrons. The van der Waals surface area contributed by atoms with Gasteiger partial charge in [-0.05, 0) is 42.9 Å². The quantitative estimate of drug-likeness (QED) is 0.648. The second-order valence-corrected chi connectivity index (χ2v) is 6.37. The summed E-state index contributed by atoms with van der Waals surface area (Å²) in [4.78, 5) is 12.5. The van der Waals surface area contributed by atoms with E-state index in [1.165, 1.54) is 38.5 Å². The Balaban J connectivity index is 1.47. The molecule has 3 saturated carbocycles. The van der Waals surface area contributed by atoms with Crippen molar-refractivity contribution in [2.45, 2.75) is 38.5 Å². The van der Waals surface area contributed by atoms with Crippen molar-refractivity contribution in [1.82, 2.24) is 0 Å². The van der Waals surface area contributed by atoms with E-state index in [4.69, 9.17) is 0 Å². The fraction of sp³-hybridized carbons (Fsp3) is 0.800. The molecule has 3 fully saturated rings. The van der Waals surface area contributed by atoms with E-state index < -0.39 is 0 Å². The largest absolute Gasteiger partial charge is 0.299 e. The maximum Gasteiger partial charge on any atom is 0.139 e. The number of Topliss-reactive ketones (excluding diaryl/α,β-unsaturated/α-hetero) is 1. The molecule has 4 rings (SSSR count). The first-order valence-corrected chi connectivity index (χ1v) is 7.08. The Morgan fingerprint density at radius 2 is 1.56 bits per heavy atom. The molecular formula is C15H20O. The van der Waals surface area contributed by atoms with Crippen LogP contribution in [0.3, 0.4) is 0 Å². The minimum atomic E-state index is 0.448. The Bertz CT molecular complexity index is 332. The minimum Gasteiger partial charge on any atom is -0.299 e. The highest BCUT2D eigenvalue weighted by atomic mass is 16.1. The molecule has 0 amide bonds. The van der Waals surface area contributed by atoms with Gasteiger partial charge in [0.25, 0.3) is 0 Å². The van der Waals surface area contributed by atoms with Crippen LogP contribution in [0.15, 0.2) is 12.2 Å². The predicted octanol–water partition coefficient (Wildman–Crippen LogP) is 3.20. The summed E-state index contributed by atoms with van der Waals surface area (Å²) in [6.45, 7) is 0. The summed E-state index contributed by atoms with van der Waals surface area (Å²) in [7, 11) is 0. The molecule has 16 heavy (non-hydrogen) atoms. The second kappa shape index (κ2) is 3.21. The van der Waals surface area contributed by atoms with E-state index in [1.807, 2.05) is 0 Å². The third-order valence-corrected chi connectivity index (χ3v) is 5.61. The maximum absolute atomic E-state index is 12.5. The molecule has 0 spiro atoms. The Hall–Kier alpha value is -0.590. The van der Waals surface area contributed by atoms with Gasteiger partial charge in [0.15, 0.2) is 0 Å². The van der Waals surface area contributed by atoms with E-state index in [1.54, 1.807) is 0 Å². The molecule has 4 unspecified atom stereocenters. The molecule has 0 saturated heterocycles. The van der Waals surface area contributed by atoms with Crippen LogP contribution in [0.25, 0.3) is 0 Å². The molecular weight excluding hydrogens is 196 g/mol. The molecule has 4 aliphatic carbocycles. The van der Waals surface area contributed by atoms with Crippen LogP contribution in [-0.4, -0.2) is 5.78 Å². The molecule has 0 N–H and O–H groups in total. The first-order valence-electron chi connectivity index (χ1n) is 7.08. The number of carbonyl (C=O) groups excluding carboxylic acids is 1. The summed E-state index contributed by atoms with van der Waals surface area (Å²) in [5, 5.41) is 0. The SMILES string of the molecule is O=C(C1CCCCC1)C1C2C3C=CC(C3)C12. The predicted molar refractivity (Wildman–Crippen MR) is 62.8 cm³/mol. The van der Waals surface area contributed by atoms with Crippen LogP contribution in [0.2, 0.25) is 0 Å². The summed E-state index contributed by atoms with van der Waals surface area (Å²) in [5.74, 6) is 4.73. The van der Waals surface area contributed by atoms with E-state index in [0.29, 0.717) is 17.6 Å². The molecule has 1 nitrogen and oxygen atoms in total. The van der Waals surface area contributed by atoms with Crippen molar-refractivity contribution in [3.8, 4) is 0 Å². The zero-order valence-electron chi connectivity index (χ0n) is 9.77. The molecule has 0 aromatic rings. The van der Waals surface area contributed by atoms with Crippen LogP contribution < -0.4 is 0 Å². The van der Waals surface area contributed by atoms with Crippen LogP contribution in [-0.2, 0) is 4.79 Å². The van der Waals surface area contributed by atoms with Gasteiger partial charge in [-0.1, -0.05) is 31.4 Å². The Morgan fingerprint density at radius 1 is 0.938 bits per heavy atom. The van der Waals surface area contributed by atoms with Crippen molar-refractivity contribution in [2.24, 2.45) is 35.5 Å². The first-order chi connectivity index (χ1) is 7.86. The van der Waals surface area contributed by atoms with Gasteiger partial charge in [0, 0.05) is 11.8 Å². The summed E-state index contributed by atoms with van der Waals surface area (Å²) < 4.78 is 0. The standard InChI is InChI=1S/C15H20O/c16-15(9-4-2-1-3-5-9)14-12-10-6-7-11(8-10)13(12)14/h6-7,9-14H,1-5,8H2. The van der Waals surface area contributed by atoms with Gasteiger partial charge >= 0.3 is 0 Å². The summed E-state index contributed by atoms with van der Waals surface area (Å²) in [6, 6.07) is 0. The van der Waals surface area contributed by atoms with Gasteiger partial charge < -0.3 is 0 Å². The average molecular weight is 216 g/mol. The van der Waals surface area contributed by atoms with Gasteiger partial charge in [0.1, 0.15) is 5.78 Å². The highest BCUT2D eigenvalue weighted by Crippen LogP contribution is 2.67. The number of carbonyl (C=O) groups is 1. The number of ketones is 1. The van der Waals surface area contributed by atoms with Crippen molar-refractivity contribution < 1.29 is 4.79 Å². The molecule has 0 heterocycles. The van der Waals surface area contributed by atoms with E-state index in [-0.39, 0.29) is 0 Å². The van der Waals surface area contributed by atoms with Crippen molar-refractivity contribution in [1.29, 1.82) is 0 Å². The fourth-order valence-corrected chi connectivity index (χ4v) is 4.83. The number of fused-ring (bicyclic) bond motifs is 5. The van der Waals surface area contributed by atoms with E-state index in [9.17, 15) is 4.79 Å². The molecule has 1 heteroatoms. The third-order valence-electron chi connectivity index (χ3n) is 5.61. The van der Waals surface area contributed by atoms with E-state index >= 15 is 0 Å². The second-order valence-electron chi connectivity index (χ2n) is 6.37. The van der Waals surface area contributed by atoms with Gasteiger partial charge in [-0.25, -0.2) is 0 Å². The number of rotatable bonds is 2. The maximum atomic E-state index is 12.5. The van der Waals surface area contributed by atoms with Gasteiger partial charge in [-0.2, -0.15) is 0 Å². The lowest BCUT2D eigenvalue weighted by Crippen LogP contribution is -2.22. The van der Waals surface area contributed by atoms with Gasteiger partial charge in [0.05, 0.1) is 0 Å². The molecule has 0 aromatic carbocycles. The molecule has 0 aliphatic heterocycles. The van der Waals surface area contributed by atoms with Crippen molar-refractivity contribution in [3.05, 3.63) is 12.2 Å². The van der Waals surface area contributed by atoms with Gasteiger partial charge in [-0.3, -0.25) is 4.79 Å². The van der Waals surface area contributed by atoms with Crippen molar-refractivity contribution in [2.75, 3.05) is 0 Å². The zero-order chi connectivity index (χ0) is 10.7. The van der Waals surface area contributed by atoms with Crippen LogP contribution in [0.4, 0.5) is 0 Å². The van der Waals surface area contributed by atoms with Crippen LogP contribution in [0.1, 0.15) is 38.5 Å². The van der Waals surface area contributed by atoms with Crippen molar-refractivity contribution >= 4 is 5.78 Å². The first kappa shape index (κ1) is 9.44. The summed E-state index contributed by atoms with van der Waals surface area (Å²) >= 11 is 0. The van der Waals surface area contributed by atoms with Crippen LogP contribution >= 0.6 is 0 Å². The Labute approximate surface area is 97.3 Å². The minimum absolute atomic E-state index is 0.448. The van der Waals surface area contributed by atoms with E-state index in [2.05, 4.69) is 12.2 Å². The Morgan fingerprint density at radius 3 is 2.19 bits per heavy atom. The topological polar surface area (TPSA) is 17.1 Å². The molecule has 0 aromatic heterocycles. The summed E-state index contributed by atoms with van der Waals surface area (Å²) in [5.41, 5.74) is 0. The smallest absolute Gasteiger partial charge is 0.139 e. The average Bonchev–Trinajstić information content (AvgIpc) is 2.77. The molecule has 2 bridgehead atoms. The van der Waals surface area contributed by atoms with Crippen molar-refractivity contribution in [3.63, 3.8) is 0 Å². The molecule has 4 atom stereocenters. The van der Waals surface area contributed by atoms with Crippen LogP contribution in [0, 0.1) is 35.5 Å². The van der Waals surface area contributed by atoms with Crippen LogP contribution in [0.5, 0.6) is 0 Å². The number of hydrogen-bond acceptors (Lipinski definition) is 1. The van der Waals surface area contributed by atoms with Gasteiger partial charge in [-0.15, -0.1) is 0 Å². The molecule has 4 aliphatic rings. The summed E-state index contributed by atoms with van der Waals surface area (Å²) in [6.07, 6.45) is 12.5. The highest BCUT2D eigenvalue weighted by molar-refractivity contribution is 5.87. The number of allylic oxidation sites excluding steroid dienone is 2. The monoisotopic (exact) mass is 216 g/mol. The zero-order valence-corrected chi connectivity index (χ0v) is 9.77. The fourth-order valence-electron chi connectivity index (χ4n) is 4.83. The highest BCUT2D eigenvalue weighted by Gasteiger charge is 2.66.